The number of pyridine rings is 1. The maximum atomic E-state index is 13.9. The molecule has 1 N–H and O–H groups in total. The Morgan fingerprint density at radius 1 is 1.22 bits per heavy atom. The standard InChI is InChI=1S/C21H24F2N8O/c1-12(32)26-17-8-16-15(9-25-17)19(30-10-13-4-5-14(11-30)29(13)3)28-31(16)18-6-7-24-20(27-18)21(2,22)23/h6-9,13-14H,4-5,10-11H2,1-3H3,(H,25,26,32). The molecule has 0 aliphatic carbocycles. The van der Waals surface area contributed by atoms with E-state index in [4.69, 9.17) is 5.10 Å². The zero-order chi connectivity index (χ0) is 22.6. The molecule has 5 heterocycles. The van der Waals surface area contributed by atoms with Crippen molar-refractivity contribution < 1.29 is 13.6 Å². The second-order valence-electron chi connectivity index (χ2n) is 8.59. The van der Waals surface area contributed by atoms with Gasteiger partial charge in [-0.2, -0.15) is 8.78 Å². The van der Waals surface area contributed by atoms with Gasteiger partial charge in [-0.25, -0.2) is 19.6 Å². The Kier molecular flexibility index (Phi) is 4.81. The van der Waals surface area contributed by atoms with Gasteiger partial charge in [0.15, 0.2) is 11.6 Å². The Labute approximate surface area is 183 Å². The van der Waals surface area contributed by atoms with E-state index in [9.17, 15) is 13.6 Å². The molecule has 168 valence electrons. The number of nitrogens with one attached hydrogen (secondary N) is 1. The molecule has 11 heteroatoms. The molecular formula is C21H24F2N8O. The van der Waals surface area contributed by atoms with Gasteiger partial charge in [0.1, 0.15) is 5.82 Å². The summed E-state index contributed by atoms with van der Waals surface area (Å²) in [5.41, 5.74) is 0.620. The van der Waals surface area contributed by atoms with E-state index in [2.05, 4.69) is 37.1 Å². The van der Waals surface area contributed by atoms with Crippen molar-refractivity contribution in [2.24, 2.45) is 0 Å². The van der Waals surface area contributed by atoms with Gasteiger partial charge in [-0.15, -0.1) is 5.10 Å². The smallest absolute Gasteiger partial charge is 0.303 e. The summed E-state index contributed by atoms with van der Waals surface area (Å²) in [6.45, 7) is 3.81. The number of nitrogens with zero attached hydrogens (tertiary/aromatic N) is 7. The molecule has 9 nitrogen and oxygen atoms in total. The molecule has 2 bridgehead atoms. The maximum absolute atomic E-state index is 13.9. The first-order valence-corrected chi connectivity index (χ1v) is 10.6. The Morgan fingerprint density at radius 2 is 1.94 bits per heavy atom. The molecule has 3 aromatic rings. The van der Waals surface area contributed by atoms with Crippen LogP contribution in [0.25, 0.3) is 16.7 Å². The van der Waals surface area contributed by atoms with Crippen LogP contribution in [0.1, 0.15) is 32.5 Å². The highest BCUT2D eigenvalue weighted by atomic mass is 19.3. The van der Waals surface area contributed by atoms with Crippen LogP contribution in [0.15, 0.2) is 24.5 Å². The lowest BCUT2D eigenvalue weighted by atomic mass is 10.2. The Hall–Kier alpha value is -3.21. The van der Waals surface area contributed by atoms with Crippen LogP contribution >= 0.6 is 0 Å². The van der Waals surface area contributed by atoms with Crippen molar-refractivity contribution in [3.8, 4) is 5.82 Å². The summed E-state index contributed by atoms with van der Waals surface area (Å²) in [4.78, 5) is 28.3. The Balaban J connectivity index is 1.64. The number of likely N-dealkylation sites (N-methyl/N-ethyl adjacent to an activating group) is 1. The van der Waals surface area contributed by atoms with Crippen molar-refractivity contribution in [3.63, 3.8) is 0 Å². The SMILES string of the molecule is CC(=O)Nc1cc2c(cn1)c(N1CC3CCC(C1)N3C)nn2-c1ccnc(C(C)(F)F)n1. The van der Waals surface area contributed by atoms with E-state index in [0.29, 0.717) is 23.4 Å². The summed E-state index contributed by atoms with van der Waals surface area (Å²) in [6, 6.07) is 4.12. The number of carbonyl (C=O) groups is 1. The van der Waals surface area contributed by atoms with Crippen LogP contribution in [0.3, 0.4) is 0 Å². The zero-order valence-corrected chi connectivity index (χ0v) is 18.1. The number of anilines is 2. The molecule has 0 saturated carbocycles. The second kappa shape index (κ2) is 7.44. The molecule has 1 amide bonds. The minimum absolute atomic E-state index is 0.227. The predicted octanol–water partition coefficient (Wildman–Crippen LogP) is 2.56. The number of fused-ring (bicyclic) bond motifs is 3. The first-order chi connectivity index (χ1) is 15.2. The van der Waals surface area contributed by atoms with Gasteiger partial charge in [0.05, 0.1) is 10.9 Å². The Bertz CT molecular complexity index is 1180. The third-order valence-corrected chi connectivity index (χ3v) is 6.25. The predicted molar refractivity (Wildman–Crippen MR) is 115 cm³/mol. The molecular weight excluding hydrogens is 418 g/mol. The van der Waals surface area contributed by atoms with E-state index in [-0.39, 0.29) is 11.7 Å². The monoisotopic (exact) mass is 442 g/mol. The highest BCUT2D eigenvalue weighted by Crippen LogP contribution is 2.35. The molecule has 5 rings (SSSR count). The third-order valence-electron chi connectivity index (χ3n) is 6.25. The fourth-order valence-electron chi connectivity index (χ4n) is 4.62. The summed E-state index contributed by atoms with van der Waals surface area (Å²) in [7, 11) is 2.16. The van der Waals surface area contributed by atoms with E-state index in [1.54, 1.807) is 12.3 Å². The van der Waals surface area contributed by atoms with Crippen molar-refractivity contribution in [2.75, 3.05) is 30.4 Å². The van der Waals surface area contributed by atoms with Gasteiger partial charge >= 0.3 is 5.92 Å². The summed E-state index contributed by atoms with van der Waals surface area (Å²) >= 11 is 0. The average Bonchev–Trinajstić information content (AvgIpc) is 3.18. The molecule has 3 aromatic heterocycles. The van der Waals surface area contributed by atoms with E-state index < -0.39 is 11.7 Å². The van der Waals surface area contributed by atoms with Crippen molar-refractivity contribution in [3.05, 3.63) is 30.4 Å². The van der Waals surface area contributed by atoms with Gasteiger partial charge in [0, 0.05) is 63.5 Å². The number of piperazine rings is 1. The summed E-state index contributed by atoms with van der Waals surface area (Å²) in [5, 5.41) is 8.22. The van der Waals surface area contributed by atoms with Crippen molar-refractivity contribution in [1.29, 1.82) is 0 Å². The van der Waals surface area contributed by atoms with Crippen molar-refractivity contribution >= 4 is 28.4 Å². The molecule has 0 radical (unpaired) electrons. The normalized spacial score (nSPS) is 21.3. The minimum atomic E-state index is -3.18. The van der Waals surface area contributed by atoms with Crippen LogP contribution < -0.4 is 10.2 Å². The van der Waals surface area contributed by atoms with E-state index in [0.717, 1.165) is 44.1 Å². The zero-order valence-electron chi connectivity index (χ0n) is 18.1. The number of carbonyl (C=O) groups excluding carboxylic acids is 1. The first-order valence-electron chi connectivity index (χ1n) is 10.6. The molecule has 2 fully saturated rings. The van der Waals surface area contributed by atoms with Crippen LogP contribution in [0, 0.1) is 0 Å². The lowest BCUT2D eigenvalue weighted by Crippen LogP contribution is -2.52. The van der Waals surface area contributed by atoms with Crippen molar-refractivity contribution in [2.45, 2.75) is 44.7 Å². The summed E-state index contributed by atoms with van der Waals surface area (Å²) < 4.78 is 29.3. The molecule has 2 aliphatic rings. The first kappa shape index (κ1) is 20.7. The Morgan fingerprint density at radius 3 is 2.59 bits per heavy atom. The number of alkyl halides is 2. The third kappa shape index (κ3) is 3.56. The summed E-state index contributed by atoms with van der Waals surface area (Å²) in [5.74, 6) is -2.70. The van der Waals surface area contributed by atoms with Crippen molar-refractivity contribution in [1.82, 2.24) is 29.6 Å². The topological polar surface area (TPSA) is 92.1 Å². The lowest BCUT2D eigenvalue weighted by Gasteiger charge is -2.39. The fourth-order valence-corrected chi connectivity index (χ4v) is 4.62. The van der Waals surface area contributed by atoms with Gasteiger partial charge in [0.2, 0.25) is 11.7 Å². The highest BCUT2D eigenvalue weighted by molar-refractivity contribution is 5.95. The molecule has 2 aliphatic heterocycles. The molecule has 2 unspecified atom stereocenters. The highest BCUT2D eigenvalue weighted by Gasteiger charge is 2.39. The molecule has 0 aromatic carbocycles. The molecule has 32 heavy (non-hydrogen) atoms. The second-order valence-corrected chi connectivity index (χ2v) is 8.59. The number of halogens is 2. The van der Waals surface area contributed by atoms with Crippen LogP contribution in [0.5, 0.6) is 0 Å². The maximum Gasteiger partial charge on any atom is 0.303 e. The minimum Gasteiger partial charge on any atom is -0.351 e. The quantitative estimate of drug-likeness (QED) is 0.664. The van der Waals surface area contributed by atoms with Crippen LogP contribution in [-0.4, -0.2) is 67.8 Å². The van der Waals surface area contributed by atoms with Gasteiger partial charge in [0.25, 0.3) is 0 Å². The number of rotatable bonds is 4. The average molecular weight is 442 g/mol. The number of amides is 1. The van der Waals surface area contributed by atoms with Crippen LogP contribution in [-0.2, 0) is 10.7 Å². The van der Waals surface area contributed by atoms with Gasteiger partial charge in [-0.1, -0.05) is 0 Å². The number of aromatic nitrogens is 5. The number of hydrogen-bond acceptors (Lipinski definition) is 7. The van der Waals surface area contributed by atoms with Gasteiger partial charge in [-0.3, -0.25) is 9.69 Å². The molecule has 2 atom stereocenters. The fraction of sp³-hybridized carbons (Fsp3) is 0.476. The van der Waals surface area contributed by atoms with Crippen LogP contribution in [0.4, 0.5) is 20.4 Å². The van der Waals surface area contributed by atoms with E-state index in [1.807, 2.05) is 0 Å². The summed E-state index contributed by atoms with van der Waals surface area (Å²) in [6.07, 6.45) is 5.24. The van der Waals surface area contributed by atoms with Gasteiger partial charge in [-0.05, 0) is 19.9 Å². The molecule has 2 saturated heterocycles. The van der Waals surface area contributed by atoms with E-state index in [1.165, 1.54) is 23.9 Å². The molecule has 0 spiro atoms. The van der Waals surface area contributed by atoms with E-state index >= 15 is 0 Å². The largest absolute Gasteiger partial charge is 0.351 e. The van der Waals surface area contributed by atoms with Gasteiger partial charge < -0.3 is 10.2 Å². The van der Waals surface area contributed by atoms with Crippen LogP contribution in [0.2, 0.25) is 0 Å². The number of hydrogen-bond donors (Lipinski definition) is 1. The lowest BCUT2D eigenvalue weighted by molar-refractivity contribution is -0.114.